The molecule has 0 aliphatic heterocycles. The molecule has 0 aliphatic rings. The number of imidazole rings is 1. The van der Waals surface area contributed by atoms with Crippen molar-refractivity contribution in [1.82, 2.24) is 9.97 Å². The highest BCUT2D eigenvalue weighted by atomic mass is 79.9. The third-order valence-corrected chi connectivity index (χ3v) is 3.92. The summed E-state index contributed by atoms with van der Waals surface area (Å²) in [5.74, 6) is -0.0485. The fourth-order valence-electron chi connectivity index (χ4n) is 2.24. The third kappa shape index (κ3) is 4.21. The molecule has 1 aromatic heterocycles. The summed E-state index contributed by atoms with van der Waals surface area (Å²) in [5.41, 5.74) is 3.91. The Hall–Kier alpha value is -2.11. The highest BCUT2D eigenvalue weighted by Crippen LogP contribution is 2.22. The van der Waals surface area contributed by atoms with Crippen molar-refractivity contribution in [3.63, 3.8) is 0 Å². The summed E-state index contributed by atoms with van der Waals surface area (Å²) in [6.07, 6.45) is 3.40. The second kappa shape index (κ2) is 7.44. The first-order chi connectivity index (χ1) is 10.6. The lowest BCUT2D eigenvalue weighted by molar-refractivity contribution is -0.131. The number of benzene rings is 2. The topological polar surface area (TPSA) is 66.0 Å². The fourth-order valence-corrected chi connectivity index (χ4v) is 2.69. The molecule has 0 bridgehead atoms. The molecule has 0 atom stereocenters. The normalized spacial score (nSPS) is 10.8. The van der Waals surface area contributed by atoms with Crippen molar-refractivity contribution in [1.29, 1.82) is 0 Å². The van der Waals surface area contributed by atoms with Gasteiger partial charge in [0.2, 0.25) is 0 Å². The largest absolute Gasteiger partial charge is 0.478 e. The van der Waals surface area contributed by atoms with Crippen molar-refractivity contribution < 1.29 is 9.90 Å². The van der Waals surface area contributed by atoms with Gasteiger partial charge in [-0.2, -0.15) is 0 Å². The minimum atomic E-state index is -0.947. The zero-order valence-electron chi connectivity index (χ0n) is 12.0. The van der Waals surface area contributed by atoms with E-state index in [4.69, 9.17) is 5.11 Å². The van der Waals surface area contributed by atoms with E-state index < -0.39 is 5.97 Å². The van der Waals surface area contributed by atoms with Crippen molar-refractivity contribution >= 4 is 51.4 Å². The molecule has 3 rings (SSSR count). The lowest BCUT2D eigenvalue weighted by Gasteiger charge is -1.99. The first kappa shape index (κ1) is 17.2. The third-order valence-electron chi connectivity index (χ3n) is 3.28. The monoisotopic (exact) mass is 392 g/mol. The quantitative estimate of drug-likeness (QED) is 0.644. The minimum Gasteiger partial charge on any atom is -0.478 e. The number of nitrogens with zero attached hydrogens (tertiary/aromatic N) is 1. The van der Waals surface area contributed by atoms with Crippen LogP contribution >= 0.6 is 28.3 Å². The highest BCUT2D eigenvalue weighted by molar-refractivity contribution is 9.10. The van der Waals surface area contributed by atoms with Gasteiger partial charge in [0.1, 0.15) is 11.3 Å². The van der Waals surface area contributed by atoms with Crippen LogP contribution in [0.5, 0.6) is 0 Å². The van der Waals surface area contributed by atoms with Crippen molar-refractivity contribution in [3.05, 3.63) is 70.0 Å². The number of para-hydroxylation sites is 1. The van der Waals surface area contributed by atoms with E-state index in [0.29, 0.717) is 6.42 Å². The van der Waals surface area contributed by atoms with Crippen LogP contribution in [0.4, 0.5) is 0 Å². The van der Waals surface area contributed by atoms with E-state index in [-0.39, 0.29) is 12.4 Å². The second-order valence-corrected chi connectivity index (χ2v) is 5.76. The Labute approximate surface area is 147 Å². The molecule has 118 valence electrons. The van der Waals surface area contributed by atoms with E-state index in [0.717, 1.165) is 38.5 Å². The SMILES string of the molecule is Cl.O=C(O)/C=C/c1ccc(Cc2nc3c(Br)cccc3[nH]2)cc1. The van der Waals surface area contributed by atoms with Crippen molar-refractivity contribution in [2.75, 3.05) is 0 Å². The molecule has 1 heterocycles. The zero-order valence-corrected chi connectivity index (χ0v) is 14.4. The summed E-state index contributed by atoms with van der Waals surface area (Å²) in [7, 11) is 0. The number of carboxylic acids is 1. The van der Waals surface area contributed by atoms with Crippen LogP contribution in [0.15, 0.2) is 53.0 Å². The van der Waals surface area contributed by atoms with E-state index in [1.165, 1.54) is 0 Å². The highest BCUT2D eigenvalue weighted by Gasteiger charge is 2.06. The number of aromatic nitrogens is 2. The molecule has 2 N–H and O–H groups in total. The first-order valence-electron chi connectivity index (χ1n) is 6.75. The van der Waals surface area contributed by atoms with E-state index in [2.05, 4.69) is 25.9 Å². The smallest absolute Gasteiger partial charge is 0.328 e. The van der Waals surface area contributed by atoms with Crippen LogP contribution in [0.3, 0.4) is 0 Å². The average Bonchev–Trinajstić information content (AvgIpc) is 2.90. The van der Waals surface area contributed by atoms with Crippen LogP contribution in [0.1, 0.15) is 17.0 Å². The molecule has 0 radical (unpaired) electrons. The predicted octanol–water partition coefficient (Wildman–Crippen LogP) is 4.44. The van der Waals surface area contributed by atoms with Crippen LogP contribution in [-0.2, 0) is 11.2 Å². The molecule has 0 spiro atoms. The molecule has 0 saturated carbocycles. The Morgan fingerprint density at radius 3 is 2.61 bits per heavy atom. The summed E-state index contributed by atoms with van der Waals surface area (Å²) in [6.45, 7) is 0. The van der Waals surface area contributed by atoms with Gasteiger partial charge in [0.25, 0.3) is 0 Å². The molecule has 0 unspecified atom stereocenters. The van der Waals surface area contributed by atoms with Crippen LogP contribution in [-0.4, -0.2) is 21.0 Å². The van der Waals surface area contributed by atoms with E-state index >= 15 is 0 Å². The van der Waals surface area contributed by atoms with E-state index in [1.807, 2.05) is 42.5 Å². The number of carbonyl (C=O) groups is 1. The summed E-state index contributed by atoms with van der Waals surface area (Å²) in [5, 5.41) is 8.61. The molecule has 23 heavy (non-hydrogen) atoms. The molecule has 0 fully saturated rings. The van der Waals surface area contributed by atoms with Gasteiger partial charge in [-0.15, -0.1) is 12.4 Å². The fraction of sp³-hybridized carbons (Fsp3) is 0.0588. The van der Waals surface area contributed by atoms with Gasteiger partial charge in [-0.1, -0.05) is 30.3 Å². The zero-order chi connectivity index (χ0) is 15.5. The number of aromatic amines is 1. The summed E-state index contributed by atoms with van der Waals surface area (Å²) in [6, 6.07) is 13.7. The molecule has 2 aromatic carbocycles. The van der Waals surface area contributed by atoms with Crippen LogP contribution in [0.25, 0.3) is 17.1 Å². The van der Waals surface area contributed by atoms with Gasteiger partial charge in [0.05, 0.1) is 5.52 Å². The maximum absolute atomic E-state index is 10.5. The van der Waals surface area contributed by atoms with Gasteiger partial charge < -0.3 is 10.1 Å². The Balaban J connectivity index is 0.00000192. The molecular formula is C17H14BrClN2O2. The molecule has 0 aliphatic carbocycles. The number of halogens is 2. The van der Waals surface area contributed by atoms with Crippen molar-refractivity contribution in [2.24, 2.45) is 0 Å². The molecule has 0 amide bonds. The van der Waals surface area contributed by atoms with Crippen LogP contribution < -0.4 is 0 Å². The number of fused-ring (bicyclic) bond motifs is 1. The van der Waals surface area contributed by atoms with E-state index in [1.54, 1.807) is 6.08 Å². The molecule has 6 heteroatoms. The number of aliphatic carboxylic acids is 1. The van der Waals surface area contributed by atoms with Gasteiger partial charge in [-0.05, 0) is 45.3 Å². The Morgan fingerprint density at radius 2 is 1.96 bits per heavy atom. The van der Waals surface area contributed by atoms with Gasteiger partial charge in [0.15, 0.2) is 0 Å². The molecular weight excluding hydrogens is 380 g/mol. The standard InChI is InChI=1S/C17H13BrN2O2.ClH/c18-13-2-1-3-14-17(13)20-15(19-14)10-12-6-4-11(5-7-12)8-9-16(21)22;/h1-9H,10H2,(H,19,20)(H,21,22);1H/b9-8+;. The molecule has 4 nitrogen and oxygen atoms in total. The van der Waals surface area contributed by atoms with Crippen LogP contribution in [0, 0.1) is 0 Å². The number of rotatable bonds is 4. The Morgan fingerprint density at radius 1 is 1.22 bits per heavy atom. The first-order valence-corrected chi connectivity index (χ1v) is 7.54. The lowest BCUT2D eigenvalue weighted by atomic mass is 10.1. The predicted molar refractivity (Wildman–Crippen MR) is 97.0 cm³/mol. The summed E-state index contributed by atoms with van der Waals surface area (Å²) >= 11 is 3.50. The van der Waals surface area contributed by atoms with Gasteiger partial charge in [-0.25, -0.2) is 9.78 Å². The molecule has 3 aromatic rings. The number of hydrogen-bond donors (Lipinski definition) is 2. The average molecular weight is 394 g/mol. The number of nitrogens with one attached hydrogen (secondary N) is 1. The Bertz CT molecular complexity index is 857. The van der Waals surface area contributed by atoms with Crippen molar-refractivity contribution in [2.45, 2.75) is 6.42 Å². The lowest BCUT2D eigenvalue weighted by Crippen LogP contribution is -1.91. The maximum Gasteiger partial charge on any atom is 0.328 e. The van der Waals surface area contributed by atoms with Crippen LogP contribution in [0.2, 0.25) is 0 Å². The maximum atomic E-state index is 10.5. The van der Waals surface area contributed by atoms with E-state index in [9.17, 15) is 4.79 Å². The number of H-pyrrole nitrogens is 1. The Kier molecular flexibility index (Phi) is 5.58. The number of hydrogen-bond acceptors (Lipinski definition) is 2. The summed E-state index contributed by atoms with van der Waals surface area (Å²) in [4.78, 5) is 18.4. The van der Waals surface area contributed by atoms with Crippen molar-refractivity contribution in [3.8, 4) is 0 Å². The van der Waals surface area contributed by atoms with Gasteiger partial charge >= 0.3 is 5.97 Å². The van der Waals surface area contributed by atoms with Gasteiger partial charge in [0, 0.05) is 17.0 Å². The summed E-state index contributed by atoms with van der Waals surface area (Å²) < 4.78 is 0.974. The second-order valence-electron chi connectivity index (χ2n) is 4.91. The molecule has 0 saturated heterocycles. The van der Waals surface area contributed by atoms with Gasteiger partial charge in [-0.3, -0.25) is 0 Å². The minimum absolute atomic E-state index is 0. The number of carboxylic acid groups (broad SMARTS) is 1.